The van der Waals surface area contributed by atoms with Gasteiger partial charge in [0, 0.05) is 24.5 Å². The summed E-state index contributed by atoms with van der Waals surface area (Å²) < 4.78 is 0. The van der Waals surface area contributed by atoms with Crippen LogP contribution in [0.4, 0.5) is 0 Å². The van der Waals surface area contributed by atoms with Crippen molar-refractivity contribution < 1.29 is 4.79 Å². The van der Waals surface area contributed by atoms with Gasteiger partial charge in [0.1, 0.15) is 0 Å². The van der Waals surface area contributed by atoms with Gasteiger partial charge in [-0.1, -0.05) is 6.07 Å². The lowest BCUT2D eigenvalue weighted by molar-refractivity contribution is 0.0611. The van der Waals surface area contributed by atoms with Crippen molar-refractivity contribution in [2.75, 3.05) is 6.54 Å². The third-order valence-corrected chi connectivity index (χ3v) is 5.16. The van der Waals surface area contributed by atoms with Gasteiger partial charge < -0.3 is 4.90 Å². The lowest BCUT2D eigenvalue weighted by Gasteiger charge is -2.36. The molecule has 1 aliphatic heterocycles. The number of aryl methyl sites for hydroxylation is 2. The summed E-state index contributed by atoms with van der Waals surface area (Å²) >= 11 is 0. The summed E-state index contributed by atoms with van der Waals surface area (Å²) in [6, 6.07) is 9.71. The molecule has 1 aliphatic rings. The van der Waals surface area contributed by atoms with E-state index in [0.717, 1.165) is 53.8 Å². The molecule has 2 aromatic heterocycles. The molecule has 1 fully saturated rings. The number of benzene rings is 1. The number of aromatic nitrogens is 3. The molecule has 1 amide bonds. The molecule has 1 atom stereocenters. The molecule has 0 saturated carbocycles. The van der Waals surface area contributed by atoms with Crippen LogP contribution < -0.4 is 0 Å². The first-order chi connectivity index (χ1) is 12.6. The lowest BCUT2D eigenvalue weighted by Crippen LogP contribution is -2.38. The number of pyridine rings is 1. The highest BCUT2D eigenvalue weighted by Crippen LogP contribution is 2.32. The van der Waals surface area contributed by atoms with E-state index in [1.807, 2.05) is 49.2 Å². The van der Waals surface area contributed by atoms with Crippen LogP contribution in [0.3, 0.4) is 0 Å². The molecular weight excluding hydrogens is 324 g/mol. The minimum absolute atomic E-state index is 0.0560. The molecule has 5 nitrogen and oxygen atoms in total. The number of rotatable bonds is 2. The van der Waals surface area contributed by atoms with Crippen LogP contribution in [0.1, 0.15) is 52.6 Å². The Bertz CT molecular complexity index is 955. The van der Waals surface area contributed by atoms with Crippen LogP contribution >= 0.6 is 0 Å². The van der Waals surface area contributed by atoms with E-state index in [1.165, 1.54) is 0 Å². The Balaban J connectivity index is 1.69. The predicted octanol–water partition coefficient (Wildman–Crippen LogP) is 4.01. The monoisotopic (exact) mass is 346 g/mol. The average molecular weight is 346 g/mol. The number of piperidine rings is 1. The molecule has 1 saturated heterocycles. The molecule has 1 aromatic carbocycles. The minimum atomic E-state index is 0.0560. The van der Waals surface area contributed by atoms with Crippen LogP contribution in [0.2, 0.25) is 0 Å². The highest BCUT2D eigenvalue weighted by Gasteiger charge is 2.29. The number of fused-ring (bicyclic) bond motifs is 1. The Morgan fingerprint density at radius 2 is 1.88 bits per heavy atom. The second-order valence-corrected chi connectivity index (χ2v) is 6.89. The minimum Gasteiger partial charge on any atom is -0.332 e. The van der Waals surface area contributed by atoms with Crippen molar-refractivity contribution in [3.63, 3.8) is 0 Å². The van der Waals surface area contributed by atoms with Crippen LogP contribution in [0, 0.1) is 13.8 Å². The third kappa shape index (κ3) is 3.05. The van der Waals surface area contributed by atoms with Crippen molar-refractivity contribution in [2.45, 2.75) is 39.2 Å². The first-order valence-electron chi connectivity index (χ1n) is 9.09. The summed E-state index contributed by atoms with van der Waals surface area (Å²) in [6.45, 7) is 4.67. The van der Waals surface area contributed by atoms with Crippen LogP contribution in [-0.4, -0.2) is 32.3 Å². The molecule has 0 radical (unpaired) electrons. The second-order valence-electron chi connectivity index (χ2n) is 6.89. The molecule has 3 heterocycles. The summed E-state index contributed by atoms with van der Waals surface area (Å²) in [6.07, 6.45) is 6.78. The molecule has 0 unspecified atom stereocenters. The maximum absolute atomic E-state index is 13.2. The molecule has 0 bridgehead atoms. The summed E-state index contributed by atoms with van der Waals surface area (Å²) in [5.41, 5.74) is 5.19. The predicted molar refractivity (Wildman–Crippen MR) is 101 cm³/mol. The van der Waals surface area contributed by atoms with E-state index in [4.69, 9.17) is 0 Å². The van der Waals surface area contributed by atoms with Gasteiger partial charge in [-0.15, -0.1) is 0 Å². The Morgan fingerprint density at radius 3 is 2.65 bits per heavy atom. The van der Waals surface area contributed by atoms with Crippen LogP contribution in [0.5, 0.6) is 0 Å². The largest absolute Gasteiger partial charge is 0.332 e. The summed E-state index contributed by atoms with van der Waals surface area (Å²) in [5.74, 6) is 0.0560. The molecule has 0 N–H and O–H groups in total. The number of amides is 1. The molecular formula is C21H22N4O. The standard InChI is InChI=1S/C21H22N4O/c1-14-15(2)24-19-12-16(8-9-18(19)23-14)21(26)25-11-4-3-7-20(25)17-6-5-10-22-13-17/h5-6,8-10,12-13,20H,3-4,7,11H2,1-2H3/t20-/m0/s1. The summed E-state index contributed by atoms with van der Waals surface area (Å²) in [5, 5.41) is 0. The van der Waals surface area contributed by atoms with E-state index in [0.29, 0.717) is 5.56 Å². The fourth-order valence-electron chi connectivity index (χ4n) is 3.62. The van der Waals surface area contributed by atoms with Crippen LogP contribution in [-0.2, 0) is 0 Å². The Kier molecular flexibility index (Phi) is 4.37. The van der Waals surface area contributed by atoms with Crippen molar-refractivity contribution in [3.05, 3.63) is 65.2 Å². The fourth-order valence-corrected chi connectivity index (χ4v) is 3.62. The number of likely N-dealkylation sites (tertiary alicyclic amines) is 1. The van der Waals surface area contributed by atoms with E-state index < -0.39 is 0 Å². The normalized spacial score (nSPS) is 17.5. The molecule has 5 heteroatoms. The van der Waals surface area contributed by atoms with Gasteiger partial charge in [-0.05, 0) is 62.9 Å². The van der Waals surface area contributed by atoms with Crippen LogP contribution in [0.25, 0.3) is 11.0 Å². The zero-order valence-corrected chi connectivity index (χ0v) is 15.1. The van der Waals surface area contributed by atoms with Gasteiger partial charge in [-0.2, -0.15) is 0 Å². The Morgan fingerprint density at radius 1 is 1.08 bits per heavy atom. The molecule has 0 spiro atoms. The quantitative estimate of drug-likeness (QED) is 0.703. The van der Waals surface area contributed by atoms with Gasteiger partial charge in [0.05, 0.1) is 28.5 Å². The molecule has 0 aliphatic carbocycles. The maximum Gasteiger partial charge on any atom is 0.254 e. The van der Waals surface area contributed by atoms with Gasteiger partial charge in [0.15, 0.2) is 0 Å². The van der Waals surface area contributed by atoms with Crippen LogP contribution in [0.15, 0.2) is 42.7 Å². The lowest BCUT2D eigenvalue weighted by atomic mass is 9.95. The molecule has 26 heavy (non-hydrogen) atoms. The van der Waals surface area contributed by atoms with Crippen molar-refractivity contribution in [1.82, 2.24) is 19.9 Å². The van der Waals surface area contributed by atoms with E-state index in [1.54, 1.807) is 6.20 Å². The first kappa shape index (κ1) is 16.6. The molecule has 3 aromatic rings. The second kappa shape index (κ2) is 6.83. The van der Waals surface area contributed by atoms with Gasteiger partial charge >= 0.3 is 0 Å². The van der Waals surface area contributed by atoms with E-state index in [9.17, 15) is 4.79 Å². The average Bonchev–Trinajstić information content (AvgIpc) is 2.69. The van der Waals surface area contributed by atoms with Crippen molar-refractivity contribution in [3.8, 4) is 0 Å². The van der Waals surface area contributed by atoms with Crippen molar-refractivity contribution in [2.24, 2.45) is 0 Å². The number of hydrogen-bond acceptors (Lipinski definition) is 4. The van der Waals surface area contributed by atoms with Gasteiger partial charge in [0.2, 0.25) is 0 Å². The zero-order chi connectivity index (χ0) is 18.1. The Hall–Kier alpha value is -2.82. The first-order valence-corrected chi connectivity index (χ1v) is 9.09. The van der Waals surface area contributed by atoms with E-state index in [-0.39, 0.29) is 11.9 Å². The molecule has 132 valence electrons. The van der Waals surface area contributed by atoms with E-state index in [2.05, 4.69) is 21.0 Å². The summed E-state index contributed by atoms with van der Waals surface area (Å²) in [7, 11) is 0. The molecule has 4 rings (SSSR count). The number of nitrogens with zero attached hydrogens (tertiary/aromatic N) is 4. The fraction of sp³-hybridized carbons (Fsp3) is 0.333. The topological polar surface area (TPSA) is 59.0 Å². The smallest absolute Gasteiger partial charge is 0.254 e. The number of carbonyl (C=O) groups is 1. The third-order valence-electron chi connectivity index (χ3n) is 5.16. The van der Waals surface area contributed by atoms with Gasteiger partial charge in [-0.25, -0.2) is 9.97 Å². The summed E-state index contributed by atoms with van der Waals surface area (Å²) in [4.78, 5) is 28.6. The Labute approximate surface area is 153 Å². The SMILES string of the molecule is Cc1nc2ccc(C(=O)N3CCCC[C@H]3c3cccnc3)cc2nc1C. The highest BCUT2D eigenvalue weighted by atomic mass is 16.2. The van der Waals surface area contributed by atoms with Crippen molar-refractivity contribution in [1.29, 1.82) is 0 Å². The maximum atomic E-state index is 13.2. The number of hydrogen-bond donors (Lipinski definition) is 0. The zero-order valence-electron chi connectivity index (χ0n) is 15.1. The van der Waals surface area contributed by atoms with Gasteiger partial charge in [-0.3, -0.25) is 9.78 Å². The van der Waals surface area contributed by atoms with Crippen molar-refractivity contribution >= 4 is 16.9 Å². The van der Waals surface area contributed by atoms with E-state index >= 15 is 0 Å². The van der Waals surface area contributed by atoms with Gasteiger partial charge in [0.25, 0.3) is 5.91 Å². The highest BCUT2D eigenvalue weighted by molar-refractivity contribution is 5.97. The number of carbonyl (C=O) groups excluding carboxylic acids is 1.